The second-order valence-corrected chi connectivity index (χ2v) is 3.77. The summed E-state index contributed by atoms with van der Waals surface area (Å²) in [5, 5.41) is 10.2. The molecule has 2 aromatic heterocycles. The van der Waals surface area contributed by atoms with E-state index in [1.165, 1.54) is 0 Å². The molecule has 0 aromatic carbocycles. The van der Waals surface area contributed by atoms with E-state index in [-0.39, 0.29) is 12.1 Å². The van der Waals surface area contributed by atoms with Gasteiger partial charge in [0.1, 0.15) is 0 Å². The molecule has 2 heterocycles. The first-order valence-electron chi connectivity index (χ1n) is 5.28. The first kappa shape index (κ1) is 10.8. The Labute approximate surface area is 94.3 Å². The van der Waals surface area contributed by atoms with Crippen LogP contribution in [0.15, 0.2) is 31.0 Å². The van der Waals surface area contributed by atoms with Gasteiger partial charge in [0.2, 0.25) is 0 Å². The number of nitrogens with zero attached hydrogens (tertiary/aromatic N) is 3. The lowest BCUT2D eigenvalue weighted by Gasteiger charge is -2.18. The van der Waals surface area contributed by atoms with Crippen LogP contribution in [-0.2, 0) is 0 Å². The normalized spacial score (nSPS) is 14.6. The van der Waals surface area contributed by atoms with E-state index < -0.39 is 0 Å². The molecule has 16 heavy (non-hydrogen) atoms. The fraction of sp³-hybridized carbons (Fsp3) is 0.364. The Morgan fingerprint density at radius 3 is 2.69 bits per heavy atom. The number of aromatic amines is 1. The van der Waals surface area contributed by atoms with Gasteiger partial charge in [-0.2, -0.15) is 5.10 Å². The molecular weight excluding hydrogens is 202 g/mol. The molecule has 0 bridgehead atoms. The number of H-pyrrole nitrogens is 1. The number of hydrogen-bond donors (Lipinski definition) is 2. The highest BCUT2D eigenvalue weighted by Crippen LogP contribution is 2.15. The molecule has 0 aliphatic carbocycles. The van der Waals surface area contributed by atoms with E-state index in [1.807, 2.05) is 12.4 Å². The van der Waals surface area contributed by atoms with Crippen LogP contribution in [0.2, 0.25) is 0 Å². The van der Waals surface area contributed by atoms with Crippen molar-refractivity contribution >= 4 is 0 Å². The molecule has 2 atom stereocenters. The summed E-state index contributed by atoms with van der Waals surface area (Å²) < 4.78 is 0. The Balaban J connectivity index is 2.00. The molecule has 2 aromatic rings. The van der Waals surface area contributed by atoms with E-state index in [9.17, 15) is 0 Å². The Kier molecular flexibility index (Phi) is 3.26. The SMILES string of the molecule is CC(NC(C)c1cnccn1)c1cn[nH]c1. The predicted octanol–water partition coefficient (Wildman–Crippen LogP) is 1.61. The van der Waals surface area contributed by atoms with Crippen LogP contribution in [0.1, 0.15) is 37.2 Å². The zero-order valence-corrected chi connectivity index (χ0v) is 9.38. The highest BCUT2D eigenvalue weighted by Gasteiger charge is 2.12. The van der Waals surface area contributed by atoms with Crippen LogP contribution in [0.3, 0.4) is 0 Å². The smallest absolute Gasteiger partial charge is 0.0753 e. The molecule has 0 aliphatic rings. The number of hydrogen-bond acceptors (Lipinski definition) is 4. The van der Waals surface area contributed by atoms with Crippen LogP contribution in [0.5, 0.6) is 0 Å². The second-order valence-electron chi connectivity index (χ2n) is 3.77. The topological polar surface area (TPSA) is 66.5 Å². The molecule has 5 nitrogen and oxygen atoms in total. The average Bonchev–Trinajstić information content (AvgIpc) is 2.83. The van der Waals surface area contributed by atoms with Gasteiger partial charge in [-0.05, 0) is 13.8 Å². The maximum Gasteiger partial charge on any atom is 0.0753 e. The maximum atomic E-state index is 4.26. The zero-order chi connectivity index (χ0) is 11.4. The molecule has 0 aliphatic heterocycles. The molecule has 0 saturated carbocycles. The van der Waals surface area contributed by atoms with E-state index in [1.54, 1.807) is 18.6 Å². The summed E-state index contributed by atoms with van der Waals surface area (Å²) in [5.41, 5.74) is 2.08. The summed E-state index contributed by atoms with van der Waals surface area (Å²) in [7, 11) is 0. The van der Waals surface area contributed by atoms with Crippen LogP contribution in [0.25, 0.3) is 0 Å². The van der Waals surface area contributed by atoms with Gasteiger partial charge >= 0.3 is 0 Å². The summed E-state index contributed by atoms with van der Waals surface area (Å²) in [5.74, 6) is 0. The van der Waals surface area contributed by atoms with Gasteiger partial charge in [-0.1, -0.05) is 0 Å². The molecule has 0 fully saturated rings. The van der Waals surface area contributed by atoms with Crippen molar-refractivity contribution in [1.29, 1.82) is 0 Å². The van der Waals surface area contributed by atoms with Gasteiger partial charge in [-0.3, -0.25) is 15.1 Å². The summed E-state index contributed by atoms with van der Waals surface area (Å²) in [6.07, 6.45) is 8.87. The van der Waals surface area contributed by atoms with Crippen molar-refractivity contribution in [3.8, 4) is 0 Å². The van der Waals surface area contributed by atoms with Crippen LogP contribution in [-0.4, -0.2) is 20.2 Å². The van der Waals surface area contributed by atoms with E-state index >= 15 is 0 Å². The molecular formula is C11H15N5. The highest BCUT2D eigenvalue weighted by molar-refractivity contribution is 5.10. The Morgan fingerprint density at radius 2 is 2.06 bits per heavy atom. The summed E-state index contributed by atoms with van der Waals surface area (Å²) in [4.78, 5) is 8.32. The van der Waals surface area contributed by atoms with Crippen molar-refractivity contribution < 1.29 is 0 Å². The molecule has 0 amide bonds. The number of aromatic nitrogens is 4. The Hall–Kier alpha value is -1.75. The second kappa shape index (κ2) is 4.85. The number of rotatable bonds is 4. The molecule has 0 radical (unpaired) electrons. The third-order valence-electron chi connectivity index (χ3n) is 2.55. The van der Waals surface area contributed by atoms with E-state index in [0.29, 0.717) is 0 Å². The van der Waals surface area contributed by atoms with Crippen LogP contribution in [0.4, 0.5) is 0 Å². The lowest BCUT2D eigenvalue weighted by atomic mass is 10.1. The van der Waals surface area contributed by atoms with Gasteiger partial charge in [-0.15, -0.1) is 0 Å². The third kappa shape index (κ3) is 2.43. The van der Waals surface area contributed by atoms with Crippen LogP contribution in [0, 0.1) is 0 Å². The minimum atomic E-state index is 0.165. The minimum absolute atomic E-state index is 0.165. The summed E-state index contributed by atoms with van der Waals surface area (Å²) in [6.45, 7) is 4.16. The van der Waals surface area contributed by atoms with Crippen LogP contribution >= 0.6 is 0 Å². The molecule has 0 spiro atoms. The fourth-order valence-corrected chi connectivity index (χ4v) is 1.59. The Bertz CT molecular complexity index is 411. The molecule has 84 valence electrons. The van der Waals surface area contributed by atoms with Gasteiger partial charge in [0, 0.05) is 42.4 Å². The first-order chi connectivity index (χ1) is 7.77. The maximum absolute atomic E-state index is 4.26. The lowest BCUT2D eigenvalue weighted by Crippen LogP contribution is -2.23. The Morgan fingerprint density at radius 1 is 1.19 bits per heavy atom. The monoisotopic (exact) mass is 217 g/mol. The molecule has 2 N–H and O–H groups in total. The van der Waals surface area contributed by atoms with Crippen molar-refractivity contribution in [3.63, 3.8) is 0 Å². The van der Waals surface area contributed by atoms with E-state index in [0.717, 1.165) is 11.3 Å². The molecule has 2 unspecified atom stereocenters. The van der Waals surface area contributed by atoms with Crippen LogP contribution < -0.4 is 5.32 Å². The predicted molar refractivity (Wildman–Crippen MR) is 60.6 cm³/mol. The van der Waals surface area contributed by atoms with Gasteiger partial charge in [0.15, 0.2) is 0 Å². The largest absolute Gasteiger partial charge is 0.302 e. The highest BCUT2D eigenvalue weighted by atomic mass is 15.1. The van der Waals surface area contributed by atoms with E-state index in [2.05, 4.69) is 39.3 Å². The van der Waals surface area contributed by atoms with Gasteiger partial charge < -0.3 is 5.32 Å². The first-order valence-corrected chi connectivity index (χ1v) is 5.28. The molecule has 2 rings (SSSR count). The quantitative estimate of drug-likeness (QED) is 0.816. The fourth-order valence-electron chi connectivity index (χ4n) is 1.59. The summed E-state index contributed by atoms with van der Waals surface area (Å²) in [6, 6.07) is 0.398. The van der Waals surface area contributed by atoms with Crippen molar-refractivity contribution in [1.82, 2.24) is 25.5 Å². The average molecular weight is 217 g/mol. The van der Waals surface area contributed by atoms with E-state index in [4.69, 9.17) is 0 Å². The van der Waals surface area contributed by atoms with Crippen molar-refractivity contribution in [2.75, 3.05) is 0 Å². The van der Waals surface area contributed by atoms with Gasteiger partial charge in [0.05, 0.1) is 11.9 Å². The van der Waals surface area contributed by atoms with Crippen molar-refractivity contribution in [3.05, 3.63) is 42.2 Å². The number of nitrogens with one attached hydrogen (secondary N) is 2. The standard InChI is InChI=1S/C11H15N5/c1-8(10-5-14-15-6-10)16-9(2)11-7-12-3-4-13-11/h3-9,16H,1-2H3,(H,14,15). The van der Waals surface area contributed by atoms with Crippen molar-refractivity contribution in [2.24, 2.45) is 0 Å². The third-order valence-corrected chi connectivity index (χ3v) is 2.55. The zero-order valence-electron chi connectivity index (χ0n) is 9.38. The molecule has 0 saturated heterocycles. The minimum Gasteiger partial charge on any atom is -0.302 e. The van der Waals surface area contributed by atoms with Crippen molar-refractivity contribution in [2.45, 2.75) is 25.9 Å². The molecule has 5 heteroatoms. The lowest BCUT2D eigenvalue weighted by molar-refractivity contribution is 0.485. The van der Waals surface area contributed by atoms with Gasteiger partial charge in [-0.25, -0.2) is 0 Å². The summed E-state index contributed by atoms with van der Waals surface area (Å²) >= 11 is 0. The van der Waals surface area contributed by atoms with Gasteiger partial charge in [0.25, 0.3) is 0 Å².